The van der Waals surface area contributed by atoms with Gasteiger partial charge < -0.3 is 5.32 Å². The summed E-state index contributed by atoms with van der Waals surface area (Å²) in [6, 6.07) is 4.64. The highest BCUT2D eigenvalue weighted by Gasteiger charge is 2.17. The summed E-state index contributed by atoms with van der Waals surface area (Å²) in [6.07, 6.45) is 2.28. The first-order valence-corrected chi connectivity index (χ1v) is 5.11. The fourth-order valence-electron chi connectivity index (χ4n) is 1.86. The molecule has 0 bridgehead atoms. The molecule has 0 saturated carbocycles. The molecule has 0 aromatic heterocycles. The molecule has 0 spiro atoms. The van der Waals surface area contributed by atoms with E-state index in [1.165, 1.54) is 23.2 Å². The number of nitrogens with one attached hydrogen (secondary N) is 1. The molecule has 1 aliphatic heterocycles. The molecule has 1 unspecified atom stereocenters. The lowest BCUT2D eigenvalue weighted by Gasteiger charge is -2.26. The van der Waals surface area contributed by atoms with Gasteiger partial charge in [-0.3, -0.25) is 0 Å². The van der Waals surface area contributed by atoms with Crippen molar-refractivity contribution >= 4 is 17.3 Å². The van der Waals surface area contributed by atoms with E-state index in [2.05, 4.69) is 25.2 Å². The summed E-state index contributed by atoms with van der Waals surface area (Å²) in [5, 5.41) is 4.39. The third kappa shape index (κ3) is 1.53. The van der Waals surface area contributed by atoms with Gasteiger partial charge in [0.15, 0.2) is 0 Å². The van der Waals surface area contributed by atoms with Crippen molar-refractivity contribution < 1.29 is 0 Å². The highest BCUT2D eigenvalue weighted by molar-refractivity contribution is 6.31. The highest BCUT2D eigenvalue weighted by atomic mass is 35.5. The van der Waals surface area contributed by atoms with E-state index in [1.54, 1.807) is 0 Å². The summed E-state index contributed by atoms with van der Waals surface area (Å²) in [6.45, 7) is 4.34. The second-order valence-electron chi connectivity index (χ2n) is 3.80. The van der Waals surface area contributed by atoms with Crippen LogP contribution in [0.25, 0.3) is 0 Å². The van der Waals surface area contributed by atoms with Gasteiger partial charge in [0.2, 0.25) is 0 Å². The molecule has 1 aliphatic rings. The molecule has 0 radical (unpaired) electrons. The van der Waals surface area contributed by atoms with Gasteiger partial charge >= 0.3 is 0 Å². The Morgan fingerprint density at radius 1 is 1.46 bits per heavy atom. The molecule has 1 N–H and O–H groups in total. The fraction of sp³-hybridized carbons (Fsp3) is 0.455. The molecular weight excluding hydrogens is 182 g/mol. The Morgan fingerprint density at radius 3 is 3.00 bits per heavy atom. The second-order valence-corrected chi connectivity index (χ2v) is 4.21. The first-order valence-electron chi connectivity index (χ1n) is 4.73. The van der Waals surface area contributed by atoms with E-state index >= 15 is 0 Å². The Morgan fingerprint density at radius 2 is 2.23 bits per heavy atom. The van der Waals surface area contributed by atoms with Gasteiger partial charge in [-0.2, -0.15) is 0 Å². The lowest BCUT2D eigenvalue weighted by molar-refractivity contribution is 0.679. The summed E-state index contributed by atoms with van der Waals surface area (Å²) < 4.78 is 0. The van der Waals surface area contributed by atoms with E-state index in [-0.39, 0.29) is 0 Å². The third-order valence-corrected chi connectivity index (χ3v) is 3.04. The van der Waals surface area contributed by atoms with Gasteiger partial charge in [0.1, 0.15) is 0 Å². The van der Waals surface area contributed by atoms with Crippen molar-refractivity contribution in [3.63, 3.8) is 0 Å². The molecule has 0 aliphatic carbocycles. The van der Waals surface area contributed by atoms with Crippen molar-refractivity contribution in [1.29, 1.82) is 0 Å². The highest BCUT2D eigenvalue weighted by Crippen LogP contribution is 2.33. The molecule has 0 fully saturated rings. The smallest absolute Gasteiger partial charge is 0.0458 e. The van der Waals surface area contributed by atoms with E-state index in [0.29, 0.717) is 6.04 Å². The number of anilines is 1. The number of rotatable bonds is 0. The Kier molecular flexibility index (Phi) is 2.20. The SMILES string of the molecule is Cc1ccc(Cl)c2c1NC(C)CC2. The average Bonchev–Trinajstić information content (AvgIpc) is 2.12. The fourth-order valence-corrected chi connectivity index (χ4v) is 2.12. The predicted octanol–water partition coefficient (Wildman–Crippen LogP) is 3.40. The van der Waals surface area contributed by atoms with Crippen LogP contribution >= 0.6 is 11.6 Å². The second kappa shape index (κ2) is 3.22. The number of hydrogen-bond donors (Lipinski definition) is 1. The first-order chi connectivity index (χ1) is 6.18. The Balaban J connectivity index is 2.51. The van der Waals surface area contributed by atoms with Crippen LogP contribution in [0.4, 0.5) is 5.69 Å². The maximum Gasteiger partial charge on any atom is 0.0458 e. The lowest BCUT2D eigenvalue weighted by atomic mass is 9.96. The number of benzene rings is 1. The minimum atomic E-state index is 0.574. The monoisotopic (exact) mass is 195 g/mol. The number of aryl methyl sites for hydroxylation is 1. The van der Waals surface area contributed by atoms with Crippen LogP contribution in [-0.2, 0) is 6.42 Å². The molecule has 0 saturated heterocycles. The molecule has 13 heavy (non-hydrogen) atoms. The van der Waals surface area contributed by atoms with Crippen molar-refractivity contribution in [3.8, 4) is 0 Å². The minimum Gasteiger partial charge on any atom is -0.382 e. The normalized spacial score (nSPS) is 20.7. The van der Waals surface area contributed by atoms with Crippen LogP contribution in [0.5, 0.6) is 0 Å². The Hall–Kier alpha value is -0.690. The van der Waals surface area contributed by atoms with E-state index in [9.17, 15) is 0 Å². The quantitative estimate of drug-likeness (QED) is 0.669. The van der Waals surface area contributed by atoms with E-state index in [0.717, 1.165) is 11.4 Å². The van der Waals surface area contributed by atoms with E-state index < -0.39 is 0 Å². The molecule has 1 nitrogen and oxygen atoms in total. The number of hydrogen-bond acceptors (Lipinski definition) is 1. The topological polar surface area (TPSA) is 12.0 Å². The molecule has 1 aromatic carbocycles. The van der Waals surface area contributed by atoms with Gasteiger partial charge in [0, 0.05) is 16.8 Å². The predicted molar refractivity (Wildman–Crippen MR) is 57.6 cm³/mol. The van der Waals surface area contributed by atoms with Gasteiger partial charge in [0.25, 0.3) is 0 Å². The zero-order valence-corrected chi connectivity index (χ0v) is 8.78. The summed E-state index contributed by atoms with van der Waals surface area (Å²) in [7, 11) is 0. The van der Waals surface area contributed by atoms with Gasteiger partial charge in [-0.1, -0.05) is 17.7 Å². The van der Waals surface area contributed by atoms with Gasteiger partial charge in [-0.05, 0) is 43.9 Å². The lowest BCUT2D eigenvalue weighted by Crippen LogP contribution is -2.22. The molecule has 70 valence electrons. The molecule has 0 amide bonds. The van der Waals surface area contributed by atoms with E-state index in [1.807, 2.05) is 6.07 Å². The molecule has 2 heteroatoms. The summed E-state index contributed by atoms with van der Waals surface area (Å²) in [5.41, 5.74) is 3.84. The van der Waals surface area contributed by atoms with Gasteiger partial charge in [-0.15, -0.1) is 0 Å². The van der Waals surface area contributed by atoms with Gasteiger partial charge in [-0.25, -0.2) is 0 Å². The molecule has 1 aromatic rings. The standard InChI is InChI=1S/C11H14ClN/c1-7-3-6-10(12)9-5-4-8(2)13-11(7)9/h3,6,8,13H,4-5H2,1-2H3. The Bertz CT molecular complexity index is 333. The first kappa shape index (κ1) is 8.89. The van der Waals surface area contributed by atoms with Crippen molar-refractivity contribution in [2.45, 2.75) is 32.7 Å². The van der Waals surface area contributed by atoms with Crippen LogP contribution in [0.15, 0.2) is 12.1 Å². The van der Waals surface area contributed by atoms with E-state index in [4.69, 9.17) is 11.6 Å². The summed E-state index contributed by atoms with van der Waals surface area (Å²) >= 11 is 6.12. The van der Waals surface area contributed by atoms with Crippen molar-refractivity contribution in [2.75, 3.05) is 5.32 Å². The molecule has 2 rings (SSSR count). The maximum atomic E-state index is 6.12. The molecular formula is C11H14ClN. The zero-order chi connectivity index (χ0) is 9.42. The summed E-state index contributed by atoms with van der Waals surface area (Å²) in [5.74, 6) is 0. The maximum absolute atomic E-state index is 6.12. The number of fused-ring (bicyclic) bond motifs is 1. The van der Waals surface area contributed by atoms with Crippen LogP contribution in [0.2, 0.25) is 5.02 Å². The zero-order valence-electron chi connectivity index (χ0n) is 8.02. The van der Waals surface area contributed by atoms with Crippen LogP contribution in [-0.4, -0.2) is 6.04 Å². The van der Waals surface area contributed by atoms with Crippen molar-refractivity contribution in [3.05, 3.63) is 28.3 Å². The van der Waals surface area contributed by atoms with Crippen molar-refractivity contribution in [1.82, 2.24) is 0 Å². The third-order valence-electron chi connectivity index (χ3n) is 2.68. The summed E-state index contributed by atoms with van der Waals surface area (Å²) in [4.78, 5) is 0. The largest absolute Gasteiger partial charge is 0.382 e. The Labute approximate surface area is 84.1 Å². The van der Waals surface area contributed by atoms with Crippen LogP contribution in [0, 0.1) is 6.92 Å². The van der Waals surface area contributed by atoms with Gasteiger partial charge in [0.05, 0.1) is 0 Å². The van der Waals surface area contributed by atoms with Crippen LogP contribution in [0.1, 0.15) is 24.5 Å². The number of halogens is 1. The molecule has 1 heterocycles. The van der Waals surface area contributed by atoms with Crippen molar-refractivity contribution in [2.24, 2.45) is 0 Å². The average molecular weight is 196 g/mol. The molecule has 1 atom stereocenters. The van der Waals surface area contributed by atoms with Crippen LogP contribution in [0.3, 0.4) is 0 Å². The minimum absolute atomic E-state index is 0.574. The van der Waals surface area contributed by atoms with Crippen LogP contribution < -0.4 is 5.32 Å².